The van der Waals surface area contributed by atoms with E-state index in [4.69, 9.17) is 28.7 Å². The standard InChI is InChI=1S/C79H123N19O20/c1-7-45(6)65(75(114)95-59(78(117)118)39-44(4)5)96-72(111)57(41-47-23-27-49(100)28-24-47)94-74(113)61-20-15-37-98(61)76(115)53(16-9-8-11-33-80)89-66(105)50(18-13-35-85-79(83)84)88-73(112)60-19-14-36-97(60)77(116)54(17-10-12-34-81)90-71(110)58(42-62(82)101)93-68(107)52(30-32-64(103)104)87-70(109)56(40-46-21-25-48(99)26-22-46)92-69(108)55(38-43(2)3)91-67(106)51-29-31-63(102)86-51/h21-28,43-45,50-61,65,99-100H,7-20,29-42,80-81H2,1-6H3,(H2,82,101)(H,86,102)(H,87,109)(H,88,112)(H,89,105)(H,90,110)(H,91,106)(H,92,108)(H,93,107)(H,94,113)(H,95,114)(H,96,111)(H,103,104)(H,117,118)(H4,83,84,85)/t45-,50-,51-,52-,53-,54-,55-,56-,57-,58-,59-,60-,61-,65-/m0/s1. The van der Waals surface area contributed by atoms with Crippen LogP contribution in [0.2, 0.25) is 0 Å². The van der Waals surface area contributed by atoms with Gasteiger partial charge in [-0.3, -0.25) is 76.9 Å². The van der Waals surface area contributed by atoms with Gasteiger partial charge in [-0.05, 0) is 163 Å². The third-order valence-corrected chi connectivity index (χ3v) is 20.7. The Morgan fingerprint density at radius 1 is 0.483 bits per heavy atom. The van der Waals surface area contributed by atoms with Gasteiger partial charge in [-0.25, -0.2) is 4.79 Å². The number of amides is 14. The maximum absolute atomic E-state index is 15.1. The number of nitrogens with one attached hydrogen (secondary N) is 11. The van der Waals surface area contributed by atoms with Gasteiger partial charge in [-0.1, -0.05) is 85.1 Å². The number of nitrogens with zero attached hydrogens (tertiary/aromatic N) is 3. The molecule has 0 aromatic heterocycles. The highest BCUT2D eigenvalue weighted by atomic mass is 16.4. The van der Waals surface area contributed by atoms with Crippen LogP contribution in [0.25, 0.3) is 0 Å². The van der Waals surface area contributed by atoms with Crippen molar-refractivity contribution in [1.29, 1.82) is 0 Å². The second-order valence-corrected chi connectivity index (χ2v) is 31.3. The average Bonchev–Trinajstić information content (AvgIpc) is 1.63. The minimum atomic E-state index is -1.92. The maximum Gasteiger partial charge on any atom is 0.326 e. The first-order valence-corrected chi connectivity index (χ1v) is 40.6. The maximum atomic E-state index is 15.1. The van der Waals surface area contributed by atoms with Crippen LogP contribution in [-0.2, 0) is 89.6 Å². The molecule has 2 aromatic rings. The molecule has 5 rings (SSSR count). The quantitative estimate of drug-likeness (QED) is 0.0187. The number of aromatic hydroxyl groups is 2. The van der Waals surface area contributed by atoms with E-state index in [0.29, 0.717) is 56.2 Å². The molecule has 2 aromatic carbocycles. The summed E-state index contributed by atoms with van der Waals surface area (Å²) in [6, 6.07) is -6.95. The van der Waals surface area contributed by atoms with Gasteiger partial charge in [-0.2, -0.15) is 0 Å². The summed E-state index contributed by atoms with van der Waals surface area (Å²) < 4.78 is 0. The number of aliphatic imine (C=N–C) groups is 1. The van der Waals surface area contributed by atoms with Crippen molar-refractivity contribution in [2.45, 2.75) is 268 Å². The summed E-state index contributed by atoms with van der Waals surface area (Å²) >= 11 is 0. The normalized spacial score (nSPS) is 17.9. The van der Waals surface area contributed by atoms with Gasteiger partial charge in [0.15, 0.2) is 5.96 Å². The van der Waals surface area contributed by atoms with Gasteiger partial charge in [-0.15, -0.1) is 0 Å². The summed E-state index contributed by atoms with van der Waals surface area (Å²) in [4.78, 5) is 230. The van der Waals surface area contributed by atoms with Crippen molar-refractivity contribution in [1.82, 2.24) is 68.3 Å². The Balaban J connectivity index is 1.40. The minimum absolute atomic E-state index is 0.0161. The molecule has 3 aliphatic rings. The second-order valence-electron chi connectivity index (χ2n) is 31.3. The molecule has 3 heterocycles. The third kappa shape index (κ3) is 32.3. The molecule has 3 fully saturated rings. The summed E-state index contributed by atoms with van der Waals surface area (Å²) in [6.45, 7) is 11.0. The van der Waals surface area contributed by atoms with E-state index in [1.54, 1.807) is 41.5 Å². The van der Waals surface area contributed by atoms with E-state index in [0.717, 1.165) is 0 Å². The van der Waals surface area contributed by atoms with Crippen LogP contribution in [-0.4, -0.2) is 242 Å². The lowest BCUT2D eigenvalue weighted by molar-refractivity contribution is -0.144. The molecule has 118 heavy (non-hydrogen) atoms. The van der Waals surface area contributed by atoms with Crippen LogP contribution in [0, 0.1) is 17.8 Å². The van der Waals surface area contributed by atoms with Crippen LogP contribution in [0.4, 0.5) is 0 Å². The Morgan fingerprint density at radius 2 is 0.898 bits per heavy atom. The molecule has 0 aliphatic carbocycles. The Labute approximate surface area is 686 Å². The molecule has 0 spiro atoms. The van der Waals surface area contributed by atoms with Crippen LogP contribution in [0.1, 0.15) is 188 Å². The van der Waals surface area contributed by atoms with Crippen LogP contribution in [0.3, 0.4) is 0 Å². The monoisotopic (exact) mass is 1660 g/mol. The van der Waals surface area contributed by atoms with E-state index in [1.807, 2.05) is 0 Å². The topological polar surface area (TPSA) is 635 Å². The second kappa shape index (κ2) is 49.1. The van der Waals surface area contributed by atoms with Crippen molar-refractivity contribution in [3.8, 4) is 11.5 Å². The fourth-order valence-corrected chi connectivity index (χ4v) is 14.2. The highest BCUT2D eigenvalue weighted by Gasteiger charge is 2.44. The predicted octanol–water partition coefficient (Wildman–Crippen LogP) is -2.34. The van der Waals surface area contributed by atoms with E-state index < -0.39 is 192 Å². The van der Waals surface area contributed by atoms with Crippen LogP contribution >= 0.6 is 0 Å². The van der Waals surface area contributed by atoms with E-state index >= 15 is 9.59 Å². The first kappa shape index (κ1) is 97.3. The van der Waals surface area contributed by atoms with Crippen molar-refractivity contribution in [3.05, 3.63) is 59.7 Å². The fraction of sp³-hybridized carbons (Fsp3) is 0.633. The zero-order chi connectivity index (χ0) is 87.5. The molecule has 0 unspecified atom stereocenters. The number of guanidine groups is 1. The van der Waals surface area contributed by atoms with Crippen molar-refractivity contribution in [2.75, 3.05) is 32.7 Å². The molecule has 0 saturated carbocycles. The number of primary amides is 1. The highest BCUT2D eigenvalue weighted by molar-refractivity contribution is 6.01. The zero-order valence-electron chi connectivity index (χ0n) is 68.2. The lowest BCUT2D eigenvalue weighted by Crippen LogP contribution is -2.61. The number of benzene rings is 2. The largest absolute Gasteiger partial charge is 0.508 e. The summed E-state index contributed by atoms with van der Waals surface area (Å²) in [7, 11) is 0. The number of carbonyl (C=O) groups is 16. The molecular weight excluding hydrogens is 1530 g/mol. The van der Waals surface area contributed by atoms with Gasteiger partial charge in [0.1, 0.15) is 90.0 Å². The third-order valence-electron chi connectivity index (χ3n) is 20.7. The molecule has 39 nitrogen and oxygen atoms in total. The van der Waals surface area contributed by atoms with E-state index in [1.165, 1.54) is 58.3 Å². The van der Waals surface area contributed by atoms with E-state index in [-0.39, 0.29) is 151 Å². The number of rotatable bonds is 51. The van der Waals surface area contributed by atoms with E-state index in [9.17, 15) is 87.5 Å². The summed E-state index contributed by atoms with van der Waals surface area (Å²) in [5, 5.41) is 68.9. The van der Waals surface area contributed by atoms with Crippen LogP contribution in [0.5, 0.6) is 11.5 Å². The molecule has 39 heteroatoms. The summed E-state index contributed by atoms with van der Waals surface area (Å²) in [5.41, 5.74) is 29.5. The molecule has 0 radical (unpaired) electrons. The molecule has 25 N–H and O–H groups in total. The van der Waals surface area contributed by atoms with Gasteiger partial charge in [0.05, 0.1) is 6.42 Å². The van der Waals surface area contributed by atoms with Crippen molar-refractivity contribution in [3.63, 3.8) is 0 Å². The molecule has 3 saturated heterocycles. The summed E-state index contributed by atoms with van der Waals surface area (Å²) in [6.07, 6.45) is 0.382. The number of carboxylic acid groups (broad SMARTS) is 2. The Hall–Kier alpha value is -11.3. The number of likely N-dealkylation sites (tertiary alicyclic amines) is 2. The predicted molar refractivity (Wildman–Crippen MR) is 431 cm³/mol. The average molecular weight is 1660 g/mol. The lowest BCUT2D eigenvalue weighted by Gasteiger charge is -2.32. The Kier molecular flexibility index (Phi) is 40.5. The molecule has 14 atom stereocenters. The number of nitrogens with two attached hydrogens (primary N) is 5. The number of phenols is 2. The molecule has 14 amide bonds. The van der Waals surface area contributed by atoms with Crippen LogP contribution in [0.15, 0.2) is 53.5 Å². The first-order valence-electron chi connectivity index (χ1n) is 40.6. The van der Waals surface area contributed by atoms with Crippen molar-refractivity contribution >= 4 is 101 Å². The van der Waals surface area contributed by atoms with Gasteiger partial charge < -0.3 is 117 Å². The van der Waals surface area contributed by atoms with Gasteiger partial charge >= 0.3 is 11.9 Å². The van der Waals surface area contributed by atoms with Gasteiger partial charge in [0.2, 0.25) is 82.7 Å². The van der Waals surface area contributed by atoms with Gasteiger partial charge in [0.25, 0.3) is 0 Å². The van der Waals surface area contributed by atoms with Crippen LogP contribution < -0.4 is 87.2 Å². The molecule has 0 bridgehead atoms. The van der Waals surface area contributed by atoms with E-state index in [2.05, 4.69) is 63.5 Å². The number of hydrogen-bond acceptors (Lipinski definition) is 21. The molecule has 654 valence electrons. The van der Waals surface area contributed by atoms with Crippen molar-refractivity contribution < 1.29 is 97.1 Å². The lowest BCUT2D eigenvalue weighted by atomic mass is 9.96. The SMILES string of the molecule is CC[C@H](C)[C@H](NC(=O)[C@H](Cc1ccc(O)cc1)NC(=O)[C@@H]1CCCN1C(=O)[C@H](CCCCCN)NC(=O)[C@H](CCCN=C(N)N)NC(=O)[C@@H]1CCCN1C(=O)[C@H](CCCCN)NC(=O)[C@H](CC(N)=O)NC(=O)[C@H](CCC(=O)O)NC(=O)[C@H](Cc1ccc(O)cc1)NC(=O)[C@H](CC(C)C)NC(=O)[C@@H]1CCC(=O)N1)C(=O)N[C@@H](CC(C)C)C(=O)O. The van der Waals surface area contributed by atoms with Gasteiger partial charge in [0, 0.05) is 45.3 Å². The smallest absolute Gasteiger partial charge is 0.326 e. The highest BCUT2D eigenvalue weighted by Crippen LogP contribution is 2.25. The zero-order valence-corrected chi connectivity index (χ0v) is 68.2. The first-order chi connectivity index (χ1) is 55.9. The Morgan fingerprint density at radius 3 is 1.37 bits per heavy atom. The number of carbonyl (C=O) groups excluding carboxylic acids is 14. The molecular formula is C79H123N19O20. The number of unbranched alkanes of at least 4 members (excludes halogenated alkanes) is 3. The minimum Gasteiger partial charge on any atom is -0.508 e. The number of aliphatic carboxylic acids is 2. The van der Waals surface area contributed by atoms with Crippen molar-refractivity contribution in [2.24, 2.45) is 51.4 Å². The fourth-order valence-electron chi connectivity index (χ4n) is 14.2. The number of carboxylic acids is 2. The number of hydrogen-bond donors (Lipinski definition) is 20. The number of phenolic OH excluding ortho intramolecular Hbond substituents is 2. The Bertz CT molecular complexity index is 3810. The molecule has 3 aliphatic heterocycles. The summed E-state index contributed by atoms with van der Waals surface area (Å²) in [5.74, 6) is -16.0.